The number of aryl methyl sites for hydroxylation is 2. The number of amides is 1. The van der Waals surface area contributed by atoms with Crippen molar-refractivity contribution in [2.24, 2.45) is 7.05 Å². The molecule has 0 aliphatic carbocycles. The molecule has 4 rings (SSSR count). The maximum Gasteiger partial charge on any atom is 0.251 e. The second-order valence-corrected chi connectivity index (χ2v) is 7.72. The Balaban J connectivity index is 1.45. The zero-order chi connectivity index (χ0) is 21.1. The van der Waals surface area contributed by atoms with Crippen LogP contribution in [0.5, 0.6) is 0 Å². The summed E-state index contributed by atoms with van der Waals surface area (Å²) in [4.78, 5) is 19.5. The summed E-state index contributed by atoms with van der Waals surface area (Å²) < 4.78 is 1.84. The van der Waals surface area contributed by atoms with Crippen LogP contribution in [0.25, 0.3) is 0 Å². The van der Waals surface area contributed by atoms with E-state index in [1.165, 1.54) is 5.56 Å². The summed E-state index contributed by atoms with van der Waals surface area (Å²) in [5.41, 5.74) is 4.95. The van der Waals surface area contributed by atoms with Gasteiger partial charge in [-0.1, -0.05) is 30.3 Å². The minimum atomic E-state index is -0.101. The van der Waals surface area contributed by atoms with E-state index < -0.39 is 0 Å². The van der Waals surface area contributed by atoms with Crippen molar-refractivity contribution in [2.75, 3.05) is 24.5 Å². The molecule has 7 nitrogen and oxygen atoms in total. The molecule has 2 N–H and O–H groups in total. The summed E-state index contributed by atoms with van der Waals surface area (Å²) in [5.74, 6) is 0.731. The number of rotatable bonds is 5. The Morgan fingerprint density at radius 1 is 1.23 bits per heavy atom. The summed E-state index contributed by atoms with van der Waals surface area (Å²) in [6.07, 6.45) is 1.71. The number of hydrogen-bond acceptors (Lipinski definition) is 5. The van der Waals surface area contributed by atoms with Gasteiger partial charge in [0.1, 0.15) is 5.82 Å². The van der Waals surface area contributed by atoms with Gasteiger partial charge < -0.3 is 15.5 Å². The molecule has 3 heterocycles. The van der Waals surface area contributed by atoms with Crippen molar-refractivity contribution < 1.29 is 4.79 Å². The molecule has 1 saturated heterocycles. The molecule has 0 spiro atoms. The minimum Gasteiger partial charge on any atom is -0.353 e. The van der Waals surface area contributed by atoms with E-state index in [4.69, 9.17) is 0 Å². The first kappa shape index (κ1) is 20.1. The predicted octanol–water partition coefficient (Wildman–Crippen LogP) is 2.51. The highest BCUT2D eigenvalue weighted by Crippen LogP contribution is 2.22. The molecule has 0 saturated carbocycles. The van der Waals surface area contributed by atoms with Crippen LogP contribution in [0, 0.1) is 13.8 Å². The molecule has 1 aliphatic rings. The average Bonchev–Trinajstić information content (AvgIpc) is 3.03. The Hall–Kier alpha value is -3.19. The molecule has 0 unspecified atom stereocenters. The molecule has 1 atom stereocenters. The first-order valence-electron chi connectivity index (χ1n) is 10.3. The summed E-state index contributed by atoms with van der Waals surface area (Å²) in [6.45, 7) is 6.99. The summed E-state index contributed by atoms with van der Waals surface area (Å²) in [5, 5.41) is 11.0. The lowest BCUT2D eigenvalue weighted by Crippen LogP contribution is -2.46. The van der Waals surface area contributed by atoms with Gasteiger partial charge in [0.15, 0.2) is 0 Å². The van der Waals surface area contributed by atoms with Gasteiger partial charge in [-0.05, 0) is 31.5 Å². The van der Waals surface area contributed by atoms with E-state index in [1.54, 1.807) is 12.3 Å². The smallest absolute Gasteiger partial charge is 0.251 e. The van der Waals surface area contributed by atoms with Crippen LogP contribution in [-0.2, 0) is 13.6 Å². The zero-order valence-corrected chi connectivity index (χ0v) is 17.7. The molecule has 0 radical (unpaired) electrons. The number of carbonyl (C=O) groups excluding carboxylic acids is 1. The van der Waals surface area contributed by atoms with E-state index >= 15 is 0 Å². The average molecular weight is 405 g/mol. The van der Waals surface area contributed by atoms with Gasteiger partial charge in [-0.2, -0.15) is 5.10 Å². The van der Waals surface area contributed by atoms with Crippen LogP contribution < -0.4 is 15.5 Å². The molecule has 0 bridgehead atoms. The molecule has 1 aromatic carbocycles. The number of nitrogens with zero attached hydrogens (tertiary/aromatic N) is 4. The highest BCUT2D eigenvalue weighted by Gasteiger charge is 2.22. The van der Waals surface area contributed by atoms with Crippen molar-refractivity contribution in [1.29, 1.82) is 0 Å². The third-order valence-corrected chi connectivity index (χ3v) is 5.79. The van der Waals surface area contributed by atoms with Crippen molar-refractivity contribution in [2.45, 2.75) is 26.4 Å². The van der Waals surface area contributed by atoms with Gasteiger partial charge in [0, 0.05) is 62.3 Å². The fourth-order valence-corrected chi connectivity index (χ4v) is 3.94. The van der Waals surface area contributed by atoms with E-state index in [1.807, 2.05) is 37.7 Å². The molecular formula is C23H28N6O. The Morgan fingerprint density at radius 3 is 2.77 bits per heavy atom. The fraction of sp³-hybridized carbons (Fsp3) is 0.348. The van der Waals surface area contributed by atoms with E-state index in [-0.39, 0.29) is 11.9 Å². The van der Waals surface area contributed by atoms with E-state index in [0.29, 0.717) is 12.1 Å². The van der Waals surface area contributed by atoms with Crippen LogP contribution in [0.2, 0.25) is 0 Å². The minimum absolute atomic E-state index is 0.101. The Kier molecular flexibility index (Phi) is 5.81. The van der Waals surface area contributed by atoms with Gasteiger partial charge >= 0.3 is 0 Å². The van der Waals surface area contributed by atoms with Crippen molar-refractivity contribution in [3.63, 3.8) is 0 Å². The maximum atomic E-state index is 12.8. The van der Waals surface area contributed by atoms with Crippen molar-refractivity contribution in [3.05, 3.63) is 76.7 Å². The Morgan fingerprint density at radius 2 is 2.03 bits per heavy atom. The van der Waals surface area contributed by atoms with Gasteiger partial charge in [0.05, 0.1) is 5.69 Å². The molecule has 1 fully saturated rings. The number of carbonyl (C=O) groups is 1. The zero-order valence-electron chi connectivity index (χ0n) is 17.7. The SMILES string of the molecule is Cc1nn(C)c(C)c1CNC(=O)c1ccnc(N2CCN[C@@H](c3ccccc3)C2)c1. The van der Waals surface area contributed by atoms with E-state index in [2.05, 4.69) is 49.9 Å². The Bertz CT molecular complexity index is 1030. The number of aromatic nitrogens is 3. The normalized spacial score (nSPS) is 16.5. The fourth-order valence-electron chi connectivity index (χ4n) is 3.94. The second kappa shape index (κ2) is 8.67. The van der Waals surface area contributed by atoms with Gasteiger partial charge in [-0.15, -0.1) is 0 Å². The van der Waals surface area contributed by atoms with Crippen LogP contribution >= 0.6 is 0 Å². The molecule has 7 heteroatoms. The van der Waals surface area contributed by atoms with Crippen LogP contribution in [-0.4, -0.2) is 40.3 Å². The number of nitrogens with one attached hydrogen (secondary N) is 2. The first-order valence-corrected chi connectivity index (χ1v) is 10.3. The summed E-state index contributed by atoms with van der Waals surface area (Å²) >= 11 is 0. The standard InChI is InChI=1S/C23H28N6O/c1-16-20(17(2)28(3)27-16)14-26-23(30)19-9-10-25-22(13-19)29-12-11-24-21(15-29)18-7-5-4-6-8-18/h4-10,13,21,24H,11-12,14-15H2,1-3H3,(H,26,30)/t21-/m1/s1. The molecule has 156 valence electrons. The van der Waals surface area contributed by atoms with Crippen molar-refractivity contribution in [3.8, 4) is 0 Å². The third-order valence-electron chi connectivity index (χ3n) is 5.79. The number of piperazine rings is 1. The molecule has 2 aromatic heterocycles. The van der Waals surface area contributed by atoms with Gasteiger partial charge in [0.2, 0.25) is 0 Å². The lowest BCUT2D eigenvalue weighted by atomic mass is 10.0. The highest BCUT2D eigenvalue weighted by atomic mass is 16.1. The quantitative estimate of drug-likeness (QED) is 0.684. The highest BCUT2D eigenvalue weighted by molar-refractivity contribution is 5.94. The number of hydrogen-bond donors (Lipinski definition) is 2. The van der Waals surface area contributed by atoms with Crippen molar-refractivity contribution >= 4 is 11.7 Å². The number of benzene rings is 1. The lowest BCUT2D eigenvalue weighted by Gasteiger charge is -2.34. The van der Waals surface area contributed by atoms with Crippen LogP contribution in [0.1, 0.15) is 38.9 Å². The van der Waals surface area contributed by atoms with Gasteiger partial charge in [-0.25, -0.2) is 4.98 Å². The predicted molar refractivity (Wildman–Crippen MR) is 117 cm³/mol. The van der Waals surface area contributed by atoms with Crippen LogP contribution in [0.3, 0.4) is 0 Å². The van der Waals surface area contributed by atoms with E-state index in [9.17, 15) is 4.79 Å². The largest absolute Gasteiger partial charge is 0.353 e. The van der Waals surface area contributed by atoms with Gasteiger partial charge in [-0.3, -0.25) is 9.48 Å². The maximum absolute atomic E-state index is 12.8. The monoisotopic (exact) mass is 404 g/mol. The molecule has 3 aromatic rings. The summed E-state index contributed by atoms with van der Waals surface area (Å²) in [7, 11) is 1.92. The van der Waals surface area contributed by atoms with E-state index in [0.717, 1.165) is 42.4 Å². The van der Waals surface area contributed by atoms with Gasteiger partial charge in [0.25, 0.3) is 5.91 Å². The van der Waals surface area contributed by atoms with Crippen LogP contribution in [0.4, 0.5) is 5.82 Å². The second-order valence-electron chi connectivity index (χ2n) is 7.72. The first-order chi connectivity index (χ1) is 14.5. The number of anilines is 1. The molecule has 1 amide bonds. The topological polar surface area (TPSA) is 75.1 Å². The summed E-state index contributed by atoms with van der Waals surface area (Å²) in [6, 6.07) is 14.3. The third kappa shape index (κ3) is 4.21. The molecular weight excluding hydrogens is 376 g/mol. The van der Waals surface area contributed by atoms with Crippen LogP contribution in [0.15, 0.2) is 48.7 Å². The Labute approximate surface area is 177 Å². The van der Waals surface area contributed by atoms with Crippen molar-refractivity contribution in [1.82, 2.24) is 25.4 Å². The lowest BCUT2D eigenvalue weighted by molar-refractivity contribution is 0.0950. The number of pyridine rings is 1. The molecule has 1 aliphatic heterocycles. The molecule has 30 heavy (non-hydrogen) atoms.